The first-order valence-corrected chi connectivity index (χ1v) is 7.58. The van der Waals surface area contributed by atoms with Gasteiger partial charge in [-0.25, -0.2) is 6.57 Å². The summed E-state index contributed by atoms with van der Waals surface area (Å²) in [6.45, 7) is 8.87. The average Bonchev–Trinajstić information content (AvgIpc) is 3.12. The number of carbonyl (C=O) groups excluding carboxylic acids is 1. The number of methoxy groups -OCH3 is 3. The highest BCUT2D eigenvalue weighted by Crippen LogP contribution is 2.38. The zero-order chi connectivity index (χ0) is 16.8. The van der Waals surface area contributed by atoms with E-state index in [4.69, 9.17) is 20.8 Å². The van der Waals surface area contributed by atoms with Crippen LogP contribution < -0.4 is 14.2 Å². The van der Waals surface area contributed by atoms with Gasteiger partial charge in [-0.3, -0.25) is 4.79 Å². The lowest BCUT2D eigenvalue weighted by Gasteiger charge is -2.17. The minimum Gasteiger partial charge on any atom is -0.493 e. The van der Waals surface area contributed by atoms with Crippen LogP contribution in [0.5, 0.6) is 17.2 Å². The van der Waals surface area contributed by atoms with Crippen molar-refractivity contribution in [1.82, 2.24) is 4.90 Å². The highest BCUT2D eigenvalue weighted by Gasteiger charge is 2.31. The molecule has 0 radical (unpaired) electrons. The summed E-state index contributed by atoms with van der Waals surface area (Å²) in [5, 5.41) is 0. The summed E-state index contributed by atoms with van der Waals surface area (Å²) in [7, 11) is 4.63. The van der Waals surface area contributed by atoms with Crippen LogP contribution in [0.15, 0.2) is 12.1 Å². The van der Waals surface area contributed by atoms with E-state index in [9.17, 15) is 4.79 Å². The molecule has 23 heavy (non-hydrogen) atoms. The van der Waals surface area contributed by atoms with Crippen molar-refractivity contribution in [3.05, 3.63) is 29.1 Å². The van der Waals surface area contributed by atoms with Gasteiger partial charge in [-0.1, -0.05) is 0 Å². The number of amides is 1. The number of hydrogen-bond acceptors (Lipinski definition) is 4. The third-order valence-corrected chi connectivity index (χ3v) is 4.01. The topological polar surface area (TPSA) is 52.4 Å². The molecule has 1 aromatic carbocycles. The predicted octanol–water partition coefficient (Wildman–Crippen LogP) is 2.17. The summed E-state index contributed by atoms with van der Waals surface area (Å²) in [5.74, 6) is 1.47. The quantitative estimate of drug-likeness (QED) is 0.754. The number of hydrogen-bond donors (Lipinski definition) is 0. The molecular formula is C17H22N2O4. The van der Waals surface area contributed by atoms with Gasteiger partial charge in [0.2, 0.25) is 5.75 Å². The van der Waals surface area contributed by atoms with Gasteiger partial charge in [-0.05, 0) is 30.5 Å². The highest BCUT2D eigenvalue weighted by atomic mass is 16.5. The highest BCUT2D eigenvalue weighted by molar-refractivity contribution is 5.84. The molecule has 1 amide bonds. The first-order chi connectivity index (χ1) is 11.1. The van der Waals surface area contributed by atoms with Crippen molar-refractivity contribution in [2.24, 2.45) is 0 Å². The lowest BCUT2D eigenvalue weighted by atomic mass is 10.0. The van der Waals surface area contributed by atoms with E-state index in [-0.39, 0.29) is 5.91 Å². The summed E-state index contributed by atoms with van der Waals surface area (Å²) < 4.78 is 15.9. The Hall–Kier alpha value is -2.42. The molecule has 1 atom stereocenters. The van der Waals surface area contributed by atoms with Crippen molar-refractivity contribution in [2.45, 2.75) is 25.3 Å². The van der Waals surface area contributed by atoms with Crippen molar-refractivity contribution in [1.29, 1.82) is 0 Å². The van der Waals surface area contributed by atoms with E-state index in [1.807, 2.05) is 0 Å². The van der Waals surface area contributed by atoms with Gasteiger partial charge in [-0.15, -0.1) is 0 Å². The molecule has 6 heteroatoms. The molecule has 0 bridgehead atoms. The minimum absolute atomic E-state index is 0.0914. The third-order valence-electron chi connectivity index (χ3n) is 4.01. The first kappa shape index (κ1) is 16.9. The van der Waals surface area contributed by atoms with Crippen LogP contribution in [-0.2, 0) is 11.2 Å². The Bertz CT molecular complexity index is 578. The minimum atomic E-state index is -0.712. The second-order valence-electron chi connectivity index (χ2n) is 5.42. The van der Waals surface area contributed by atoms with Crippen molar-refractivity contribution in [2.75, 3.05) is 34.4 Å². The number of benzene rings is 1. The molecule has 1 aliphatic rings. The summed E-state index contributed by atoms with van der Waals surface area (Å²) >= 11 is 0. The number of rotatable bonds is 6. The molecule has 2 rings (SSSR count). The zero-order valence-electron chi connectivity index (χ0n) is 13.8. The van der Waals surface area contributed by atoms with Gasteiger partial charge in [0.05, 0.1) is 27.8 Å². The summed E-state index contributed by atoms with van der Waals surface area (Å²) in [5.41, 5.74) is 0.813. The third kappa shape index (κ3) is 3.67. The molecule has 1 aromatic rings. The van der Waals surface area contributed by atoms with E-state index in [2.05, 4.69) is 4.85 Å². The van der Waals surface area contributed by atoms with Crippen molar-refractivity contribution in [3.8, 4) is 17.2 Å². The van der Waals surface area contributed by atoms with E-state index < -0.39 is 6.04 Å². The fraction of sp³-hybridized carbons (Fsp3) is 0.529. The Labute approximate surface area is 136 Å². The lowest BCUT2D eigenvalue weighted by molar-refractivity contribution is -0.130. The molecule has 0 aliphatic carbocycles. The van der Waals surface area contributed by atoms with Gasteiger partial charge >= 0.3 is 11.9 Å². The fourth-order valence-corrected chi connectivity index (χ4v) is 2.81. The zero-order valence-corrected chi connectivity index (χ0v) is 13.8. The van der Waals surface area contributed by atoms with Crippen LogP contribution in [0.2, 0.25) is 0 Å². The second kappa shape index (κ2) is 7.73. The first-order valence-electron chi connectivity index (χ1n) is 7.58. The van der Waals surface area contributed by atoms with E-state index in [0.29, 0.717) is 23.7 Å². The second-order valence-corrected chi connectivity index (χ2v) is 5.42. The maximum atomic E-state index is 12.4. The van der Waals surface area contributed by atoms with Gasteiger partial charge in [-0.2, -0.15) is 0 Å². The van der Waals surface area contributed by atoms with Gasteiger partial charge in [0, 0.05) is 13.1 Å². The van der Waals surface area contributed by atoms with E-state index in [0.717, 1.165) is 31.5 Å². The number of carbonyl (C=O) groups is 1. The summed E-state index contributed by atoms with van der Waals surface area (Å²) in [6, 6.07) is 2.86. The monoisotopic (exact) mass is 318 g/mol. The Kier molecular flexibility index (Phi) is 5.69. The summed E-state index contributed by atoms with van der Waals surface area (Å²) in [4.78, 5) is 17.7. The standard InChI is InChI=1S/C17H22N2O4/c1-18-13(17(20)19-7-5-6-8-19)9-12-10-14(21-2)16(23-4)15(11-12)22-3/h10-11,13H,5-9H2,2-4H3. The van der Waals surface area contributed by atoms with Gasteiger partial charge in [0.15, 0.2) is 11.5 Å². The molecule has 0 spiro atoms. The largest absolute Gasteiger partial charge is 0.493 e. The van der Waals surface area contributed by atoms with Gasteiger partial charge in [0.1, 0.15) is 0 Å². The fourth-order valence-electron chi connectivity index (χ4n) is 2.81. The van der Waals surface area contributed by atoms with Crippen molar-refractivity contribution >= 4 is 5.91 Å². The van der Waals surface area contributed by atoms with Crippen LogP contribution in [0.4, 0.5) is 0 Å². The van der Waals surface area contributed by atoms with Gasteiger partial charge < -0.3 is 24.0 Å². The molecule has 1 aliphatic heterocycles. The number of likely N-dealkylation sites (tertiary alicyclic amines) is 1. The van der Waals surface area contributed by atoms with E-state index in [1.54, 1.807) is 38.4 Å². The Morgan fingerprint density at radius 1 is 1.17 bits per heavy atom. The van der Waals surface area contributed by atoms with Crippen LogP contribution in [0.25, 0.3) is 4.85 Å². The van der Waals surface area contributed by atoms with Crippen LogP contribution in [-0.4, -0.2) is 51.3 Å². The summed E-state index contributed by atoms with van der Waals surface area (Å²) in [6.07, 6.45) is 2.36. The van der Waals surface area contributed by atoms with Crippen LogP contribution in [0.1, 0.15) is 18.4 Å². The molecule has 1 heterocycles. The Morgan fingerprint density at radius 2 is 1.74 bits per heavy atom. The van der Waals surface area contributed by atoms with E-state index in [1.165, 1.54) is 0 Å². The molecule has 0 aromatic heterocycles. The number of ether oxygens (including phenoxy) is 3. The SMILES string of the molecule is [C-]#[N+]C(Cc1cc(OC)c(OC)c(OC)c1)C(=O)N1CCCC1. The Morgan fingerprint density at radius 3 is 2.17 bits per heavy atom. The molecule has 0 saturated carbocycles. The molecule has 1 fully saturated rings. The van der Waals surface area contributed by atoms with Crippen LogP contribution in [0.3, 0.4) is 0 Å². The molecular weight excluding hydrogens is 296 g/mol. The number of nitrogens with zero attached hydrogens (tertiary/aromatic N) is 2. The Balaban J connectivity index is 2.23. The maximum absolute atomic E-state index is 12.4. The predicted molar refractivity (Wildman–Crippen MR) is 86.0 cm³/mol. The van der Waals surface area contributed by atoms with Crippen LogP contribution in [0, 0.1) is 6.57 Å². The maximum Gasteiger partial charge on any atom is 0.306 e. The van der Waals surface area contributed by atoms with Crippen molar-refractivity contribution in [3.63, 3.8) is 0 Å². The smallest absolute Gasteiger partial charge is 0.306 e. The molecule has 0 N–H and O–H groups in total. The lowest BCUT2D eigenvalue weighted by Crippen LogP contribution is -2.36. The van der Waals surface area contributed by atoms with Gasteiger partial charge in [0.25, 0.3) is 0 Å². The van der Waals surface area contributed by atoms with E-state index >= 15 is 0 Å². The van der Waals surface area contributed by atoms with Crippen molar-refractivity contribution < 1.29 is 19.0 Å². The molecule has 6 nitrogen and oxygen atoms in total. The molecule has 124 valence electrons. The molecule has 1 saturated heterocycles. The normalized spacial score (nSPS) is 15.0. The average molecular weight is 318 g/mol. The molecule has 1 unspecified atom stereocenters. The van der Waals surface area contributed by atoms with Crippen LogP contribution >= 0.6 is 0 Å².